The van der Waals surface area contributed by atoms with Crippen LogP contribution in [0.4, 0.5) is 5.82 Å². The molecule has 0 aliphatic carbocycles. The number of nitrogens with zero attached hydrogens (tertiary/aromatic N) is 4. The molecule has 3 heterocycles. The maximum absolute atomic E-state index is 11.5. The lowest BCUT2D eigenvalue weighted by Gasteiger charge is -2.42. The van der Waals surface area contributed by atoms with E-state index in [-0.39, 0.29) is 12.0 Å². The van der Waals surface area contributed by atoms with Gasteiger partial charge in [0.2, 0.25) is 5.91 Å². The average molecular weight is 319 g/mol. The molecule has 0 aromatic carbocycles. The first kappa shape index (κ1) is 16.1. The molecule has 1 N–H and O–H groups in total. The number of morpholine rings is 1. The summed E-state index contributed by atoms with van der Waals surface area (Å²) >= 11 is 0. The monoisotopic (exact) mass is 319 g/mol. The van der Waals surface area contributed by atoms with Gasteiger partial charge in [-0.1, -0.05) is 0 Å². The predicted octanol–water partition coefficient (Wildman–Crippen LogP) is 0.903. The lowest BCUT2D eigenvalue weighted by Crippen LogP contribution is -2.50. The highest BCUT2D eigenvalue weighted by molar-refractivity contribution is 5.73. The minimum Gasteiger partial charge on any atom is -0.372 e. The molecule has 2 fully saturated rings. The van der Waals surface area contributed by atoms with E-state index in [1.165, 1.54) is 0 Å². The van der Waals surface area contributed by atoms with Crippen molar-refractivity contribution in [2.45, 2.75) is 31.9 Å². The number of nitrogens with one attached hydrogen (secondary N) is 1. The van der Waals surface area contributed by atoms with Crippen molar-refractivity contribution in [3.63, 3.8) is 0 Å². The van der Waals surface area contributed by atoms with Crippen molar-refractivity contribution in [2.24, 2.45) is 0 Å². The van der Waals surface area contributed by atoms with Crippen LogP contribution in [-0.4, -0.2) is 71.6 Å². The first-order valence-corrected chi connectivity index (χ1v) is 8.29. The van der Waals surface area contributed by atoms with Gasteiger partial charge >= 0.3 is 0 Å². The zero-order valence-electron chi connectivity index (χ0n) is 13.9. The standard InChI is InChI=1S/C16H25N5O2/c1-12(22)20-7-3-13(4-8-20)21-9-10-23-14(11-21)15-16(17-2)19-6-5-18-15/h5-6,13-14H,3-4,7-11H2,1-2H3,(H,17,19). The van der Waals surface area contributed by atoms with Gasteiger partial charge in [-0.15, -0.1) is 0 Å². The highest BCUT2D eigenvalue weighted by atomic mass is 16.5. The molecule has 1 amide bonds. The highest BCUT2D eigenvalue weighted by Gasteiger charge is 2.31. The van der Waals surface area contributed by atoms with E-state index in [1.54, 1.807) is 19.3 Å². The molecule has 7 nitrogen and oxygen atoms in total. The summed E-state index contributed by atoms with van der Waals surface area (Å²) in [5, 5.41) is 3.09. The van der Waals surface area contributed by atoms with Crippen LogP contribution in [-0.2, 0) is 9.53 Å². The lowest BCUT2D eigenvalue weighted by molar-refractivity contribution is -0.131. The molecule has 0 spiro atoms. The molecule has 0 radical (unpaired) electrons. The number of likely N-dealkylation sites (tertiary alicyclic amines) is 1. The van der Waals surface area contributed by atoms with Crippen LogP contribution in [0.2, 0.25) is 0 Å². The van der Waals surface area contributed by atoms with Crippen LogP contribution >= 0.6 is 0 Å². The highest BCUT2D eigenvalue weighted by Crippen LogP contribution is 2.28. The number of amides is 1. The van der Waals surface area contributed by atoms with Gasteiger partial charge in [-0.25, -0.2) is 4.98 Å². The fraction of sp³-hybridized carbons (Fsp3) is 0.688. The van der Waals surface area contributed by atoms with Gasteiger partial charge in [-0.2, -0.15) is 0 Å². The van der Waals surface area contributed by atoms with E-state index >= 15 is 0 Å². The fourth-order valence-corrected chi connectivity index (χ4v) is 3.49. The summed E-state index contributed by atoms with van der Waals surface area (Å²) in [6.07, 6.45) is 5.42. The zero-order chi connectivity index (χ0) is 16.2. The molecule has 2 aliphatic heterocycles. The Kier molecular flexibility index (Phi) is 5.07. The average Bonchev–Trinajstić information content (AvgIpc) is 2.62. The van der Waals surface area contributed by atoms with Crippen molar-refractivity contribution in [1.82, 2.24) is 19.8 Å². The van der Waals surface area contributed by atoms with Gasteiger partial charge in [0.15, 0.2) is 0 Å². The van der Waals surface area contributed by atoms with E-state index in [9.17, 15) is 4.79 Å². The largest absolute Gasteiger partial charge is 0.372 e. The van der Waals surface area contributed by atoms with E-state index in [1.807, 2.05) is 11.9 Å². The quantitative estimate of drug-likeness (QED) is 0.893. The van der Waals surface area contributed by atoms with Crippen molar-refractivity contribution in [2.75, 3.05) is 45.2 Å². The first-order valence-electron chi connectivity index (χ1n) is 8.29. The summed E-state index contributed by atoms with van der Waals surface area (Å²) in [6, 6.07) is 0.520. The molecule has 1 aromatic rings. The van der Waals surface area contributed by atoms with Crippen LogP contribution in [0.3, 0.4) is 0 Å². The number of ether oxygens (including phenoxy) is 1. The van der Waals surface area contributed by atoms with Gasteiger partial charge in [0.1, 0.15) is 17.6 Å². The molecule has 126 valence electrons. The lowest BCUT2D eigenvalue weighted by atomic mass is 10.0. The van der Waals surface area contributed by atoms with Crippen molar-refractivity contribution in [1.29, 1.82) is 0 Å². The van der Waals surface area contributed by atoms with Crippen LogP contribution in [0.25, 0.3) is 0 Å². The van der Waals surface area contributed by atoms with E-state index in [0.29, 0.717) is 12.6 Å². The van der Waals surface area contributed by atoms with Crippen molar-refractivity contribution < 1.29 is 9.53 Å². The Hall–Kier alpha value is -1.73. The second-order valence-electron chi connectivity index (χ2n) is 6.13. The number of aromatic nitrogens is 2. The van der Waals surface area contributed by atoms with E-state index in [4.69, 9.17) is 4.74 Å². The molecule has 23 heavy (non-hydrogen) atoms. The molecular weight excluding hydrogens is 294 g/mol. The molecule has 7 heteroatoms. The number of rotatable bonds is 3. The Balaban J connectivity index is 1.64. The summed E-state index contributed by atoms with van der Waals surface area (Å²) in [4.78, 5) is 24.7. The number of hydrogen-bond donors (Lipinski definition) is 1. The van der Waals surface area contributed by atoms with Crippen LogP contribution < -0.4 is 5.32 Å². The summed E-state index contributed by atoms with van der Waals surface area (Å²) in [7, 11) is 1.85. The van der Waals surface area contributed by atoms with Gasteiger partial charge < -0.3 is 15.0 Å². The van der Waals surface area contributed by atoms with Crippen LogP contribution in [0.5, 0.6) is 0 Å². The van der Waals surface area contributed by atoms with Crippen LogP contribution in [0.1, 0.15) is 31.6 Å². The van der Waals surface area contributed by atoms with Crippen LogP contribution in [0, 0.1) is 0 Å². The van der Waals surface area contributed by atoms with Crippen LogP contribution in [0.15, 0.2) is 12.4 Å². The maximum Gasteiger partial charge on any atom is 0.219 e. The zero-order valence-corrected chi connectivity index (χ0v) is 13.9. The second-order valence-corrected chi connectivity index (χ2v) is 6.13. The Morgan fingerprint density at radius 1 is 1.26 bits per heavy atom. The van der Waals surface area contributed by atoms with E-state index < -0.39 is 0 Å². The van der Waals surface area contributed by atoms with Gasteiger partial charge in [-0.3, -0.25) is 14.7 Å². The third-order valence-corrected chi connectivity index (χ3v) is 4.79. The third-order valence-electron chi connectivity index (χ3n) is 4.79. The van der Waals surface area contributed by atoms with Gasteiger partial charge in [0.25, 0.3) is 0 Å². The van der Waals surface area contributed by atoms with Gasteiger partial charge in [-0.05, 0) is 12.8 Å². The van der Waals surface area contributed by atoms with Crippen molar-refractivity contribution in [3.05, 3.63) is 18.1 Å². The minimum absolute atomic E-state index is 0.0502. The molecule has 0 saturated carbocycles. The Morgan fingerprint density at radius 2 is 2.00 bits per heavy atom. The molecule has 3 rings (SSSR count). The van der Waals surface area contributed by atoms with Crippen molar-refractivity contribution in [3.8, 4) is 0 Å². The minimum atomic E-state index is -0.0502. The summed E-state index contributed by atoms with van der Waals surface area (Å²) in [5.41, 5.74) is 0.876. The third kappa shape index (κ3) is 3.61. The van der Waals surface area contributed by atoms with E-state index in [2.05, 4.69) is 20.2 Å². The fourth-order valence-electron chi connectivity index (χ4n) is 3.49. The maximum atomic E-state index is 11.5. The summed E-state index contributed by atoms with van der Waals surface area (Å²) < 4.78 is 5.94. The number of anilines is 1. The molecule has 1 unspecified atom stereocenters. The number of carbonyl (C=O) groups excluding carboxylic acids is 1. The Morgan fingerprint density at radius 3 is 2.70 bits per heavy atom. The summed E-state index contributed by atoms with van der Waals surface area (Å²) in [6.45, 7) is 5.84. The predicted molar refractivity (Wildman–Crippen MR) is 87.1 cm³/mol. The number of hydrogen-bond acceptors (Lipinski definition) is 6. The topological polar surface area (TPSA) is 70.6 Å². The Bertz CT molecular complexity index is 545. The van der Waals surface area contributed by atoms with Gasteiger partial charge in [0, 0.05) is 58.6 Å². The molecule has 2 saturated heterocycles. The molecule has 2 aliphatic rings. The SMILES string of the molecule is CNc1nccnc1C1CN(C2CCN(C(C)=O)CC2)CCO1. The Labute approximate surface area is 137 Å². The summed E-state index contributed by atoms with van der Waals surface area (Å²) in [5.74, 6) is 0.965. The first-order chi connectivity index (χ1) is 11.2. The van der Waals surface area contributed by atoms with Crippen molar-refractivity contribution >= 4 is 11.7 Å². The molecule has 1 atom stereocenters. The molecular formula is C16H25N5O2. The molecule has 0 bridgehead atoms. The number of piperidine rings is 1. The molecule has 1 aromatic heterocycles. The number of carbonyl (C=O) groups is 1. The van der Waals surface area contributed by atoms with Gasteiger partial charge in [0.05, 0.1) is 6.61 Å². The normalized spacial score (nSPS) is 23.7. The van der Waals surface area contributed by atoms with E-state index in [0.717, 1.165) is 50.5 Å². The second kappa shape index (κ2) is 7.23. The smallest absolute Gasteiger partial charge is 0.219 e.